The van der Waals surface area contributed by atoms with Gasteiger partial charge in [-0.05, 0) is 28.8 Å². The van der Waals surface area contributed by atoms with E-state index in [9.17, 15) is 0 Å². The van der Waals surface area contributed by atoms with Crippen molar-refractivity contribution in [2.45, 2.75) is 37.3 Å². The molecule has 0 bridgehead atoms. The Morgan fingerprint density at radius 3 is 3.00 bits per heavy atom. The van der Waals surface area contributed by atoms with Crippen molar-refractivity contribution in [3.63, 3.8) is 0 Å². The van der Waals surface area contributed by atoms with Crippen molar-refractivity contribution in [1.29, 1.82) is 0 Å². The highest BCUT2D eigenvalue weighted by atomic mass is 79.9. The van der Waals surface area contributed by atoms with Crippen LogP contribution in [-0.2, 0) is 4.84 Å². The number of nitrogens with zero attached hydrogens (tertiary/aromatic N) is 1. The summed E-state index contributed by atoms with van der Waals surface area (Å²) in [6.07, 6.45) is 3.97. The summed E-state index contributed by atoms with van der Waals surface area (Å²) in [6, 6.07) is 0.309. The zero-order valence-electron chi connectivity index (χ0n) is 6.22. The molecule has 1 heterocycles. The Morgan fingerprint density at radius 1 is 1.73 bits per heavy atom. The van der Waals surface area contributed by atoms with Gasteiger partial charge in [-0.15, -0.1) is 0 Å². The molecule has 0 aromatic carbocycles. The van der Waals surface area contributed by atoms with Gasteiger partial charge in [0.2, 0.25) is 0 Å². The number of halogens is 1. The van der Waals surface area contributed by atoms with Crippen LogP contribution in [0.1, 0.15) is 25.7 Å². The van der Waals surface area contributed by atoms with Crippen LogP contribution >= 0.6 is 15.9 Å². The predicted molar refractivity (Wildman–Crippen MR) is 46.6 cm³/mol. The second-order valence-electron chi connectivity index (χ2n) is 3.42. The normalized spacial score (nSPS) is 42.7. The Labute approximate surface area is 74.1 Å². The van der Waals surface area contributed by atoms with Gasteiger partial charge in [0.1, 0.15) is 10.2 Å². The molecule has 1 saturated carbocycles. The van der Waals surface area contributed by atoms with E-state index in [0.29, 0.717) is 6.04 Å². The van der Waals surface area contributed by atoms with E-state index in [4.69, 9.17) is 10.6 Å². The fourth-order valence-electron chi connectivity index (χ4n) is 1.85. The first kappa shape index (κ1) is 7.55. The van der Waals surface area contributed by atoms with E-state index in [1.807, 2.05) is 0 Å². The molecule has 0 radical (unpaired) electrons. The minimum Gasteiger partial charge on any atom is -0.388 e. The van der Waals surface area contributed by atoms with Gasteiger partial charge >= 0.3 is 0 Å². The monoisotopic (exact) mass is 218 g/mol. The second kappa shape index (κ2) is 2.45. The van der Waals surface area contributed by atoms with Crippen LogP contribution < -0.4 is 5.73 Å². The van der Waals surface area contributed by atoms with Crippen molar-refractivity contribution < 1.29 is 4.84 Å². The third-order valence-corrected chi connectivity index (χ3v) is 2.84. The van der Waals surface area contributed by atoms with Gasteiger partial charge in [0.05, 0.1) is 0 Å². The molecule has 0 aromatic rings. The third kappa shape index (κ3) is 1.29. The largest absolute Gasteiger partial charge is 0.388 e. The number of rotatable bonds is 0. The summed E-state index contributed by atoms with van der Waals surface area (Å²) in [5.74, 6) is 0. The lowest BCUT2D eigenvalue weighted by atomic mass is 9.99. The summed E-state index contributed by atoms with van der Waals surface area (Å²) in [5.41, 5.74) is 5.75. The lowest BCUT2D eigenvalue weighted by Gasteiger charge is -2.19. The van der Waals surface area contributed by atoms with Gasteiger partial charge in [0.15, 0.2) is 0 Å². The molecule has 2 atom stereocenters. The van der Waals surface area contributed by atoms with Gasteiger partial charge in [-0.2, -0.15) is 0 Å². The van der Waals surface area contributed by atoms with Crippen molar-refractivity contribution in [1.82, 2.24) is 0 Å². The SMILES string of the molecule is NC1CCC2(CC(Br)=NO2)C1. The summed E-state index contributed by atoms with van der Waals surface area (Å²) in [6.45, 7) is 0. The molecule has 0 aromatic heterocycles. The Kier molecular flexibility index (Phi) is 1.68. The quantitative estimate of drug-likeness (QED) is 0.668. The molecule has 2 rings (SSSR count). The molecule has 2 N–H and O–H groups in total. The molecule has 1 spiro atoms. The van der Waals surface area contributed by atoms with E-state index >= 15 is 0 Å². The van der Waals surface area contributed by atoms with E-state index in [2.05, 4.69) is 21.1 Å². The fraction of sp³-hybridized carbons (Fsp3) is 0.857. The van der Waals surface area contributed by atoms with Crippen molar-refractivity contribution in [2.75, 3.05) is 0 Å². The molecule has 2 aliphatic rings. The molecule has 0 saturated heterocycles. The van der Waals surface area contributed by atoms with Crippen molar-refractivity contribution in [2.24, 2.45) is 10.9 Å². The summed E-state index contributed by atoms with van der Waals surface area (Å²) < 4.78 is 0.923. The first-order valence-electron chi connectivity index (χ1n) is 3.86. The zero-order valence-corrected chi connectivity index (χ0v) is 7.80. The van der Waals surface area contributed by atoms with Crippen LogP contribution in [0.3, 0.4) is 0 Å². The fourth-order valence-corrected chi connectivity index (χ4v) is 2.43. The highest BCUT2D eigenvalue weighted by molar-refractivity contribution is 9.18. The zero-order chi connectivity index (χ0) is 7.90. The molecular weight excluding hydrogens is 208 g/mol. The summed E-state index contributed by atoms with van der Waals surface area (Å²) >= 11 is 3.33. The average Bonchev–Trinajstić information content (AvgIpc) is 2.44. The smallest absolute Gasteiger partial charge is 0.145 e. The van der Waals surface area contributed by atoms with E-state index in [0.717, 1.165) is 30.3 Å². The van der Waals surface area contributed by atoms with Crippen LogP contribution in [0, 0.1) is 0 Å². The highest BCUT2D eigenvalue weighted by Crippen LogP contribution is 2.40. The van der Waals surface area contributed by atoms with Gasteiger partial charge in [-0.3, -0.25) is 0 Å². The Bertz CT molecular complexity index is 207. The van der Waals surface area contributed by atoms with Crippen LogP contribution in [-0.4, -0.2) is 16.3 Å². The molecule has 1 aliphatic carbocycles. The number of hydrogen-bond acceptors (Lipinski definition) is 3. The molecule has 1 aliphatic heterocycles. The first-order valence-corrected chi connectivity index (χ1v) is 4.66. The number of hydrogen-bond donors (Lipinski definition) is 1. The highest BCUT2D eigenvalue weighted by Gasteiger charge is 2.44. The maximum Gasteiger partial charge on any atom is 0.145 e. The molecule has 1 fully saturated rings. The van der Waals surface area contributed by atoms with Gasteiger partial charge < -0.3 is 10.6 Å². The summed E-state index contributed by atoms with van der Waals surface area (Å²) in [4.78, 5) is 5.35. The average molecular weight is 219 g/mol. The Morgan fingerprint density at radius 2 is 2.55 bits per heavy atom. The molecule has 2 unspecified atom stereocenters. The minimum atomic E-state index is -0.0434. The van der Waals surface area contributed by atoms with Gasteiger partial charge in [0, 0.05) is 18.9 Å². The van der Waals surface area contributed by atoms with Crippen LogP contribution in [0.4, 0.5) is 0 Å². The maximum absolute atomic E-state index is 5.79. The number of nitrogens with two attached hydrogens (primary N) is 1. The van der Waals surface area contributed by atoms with Gasteiger partial charge in [-0.25, -0.2) is 0 Å². The number of oxime groups is 1. The molecule has 4 heteroatoms. The van der Waals surface area contributed by atoms with Crippen molar-refractivity contribution in [3.05, 3.63) is 0 Å². The van der Waals surface area contributed by atoms with Gasteiger partial charge in [-0.1, -0.05) is 5.16 Å². The van der Waals surface area contributed by atoms with Gasteiger partial charge in [0.25, 0.3) is 0 Å². The molecule has 3 nitrogen and oxygen atoms in total. The molecule has 0 amide bonds. The second-order valence-corrected chi connectivity index (χ2v) is 4.34. The van der Waals surface area contributed by atoms with Crippen LogP contribution in [0.15, 0.2) is 5.16 Å². The van der Waals surface area contributed by atoms with E-state index in [-0.39, 0.29) is 5.60 Å². The first-order chi connectivity index (χ1) is 5.20. The molecule has 62 valence electrons. The molecule has 11 heavy (non-hydrogen) atoms. The van der Waals surface area contributed by atoms with Crippen molar-refractivity contribution in [3.8, 4) is 0 Å². The summed E-state index contributed by atoms with van der Waals surface area (Å²) in [7, 11) is 0. The topological polar surface area (TPSA) is 47.6 Å². The Balaban J connectivity index is 2.05. The van der Waals surface area contributed by atoms with Crippen LogP contribution in [0.2, 0.25) is 0 Å². The minimum absolute atomic E-state index is 0.0434. The van der Waals surface area contributed by atoms with Crippen LogP contribution in [0.5, 0.6) is 0 Å². The summed E-state index contributed by atoms with van der Waals surface area (Å²) in [5, 5.41) is 3.88. The molecular formula is C7H11BrN2O. The van der Waals surface area contributed by atoms with Crippen molar-refractivity contribution >= 4 is 20.6 Å². The lowest BCUT2D eigenvalue weighted by molar-refractivity contribution is -0.0136. The predicted octanol–water partition coefficient (Wildman–Crippen LogP) is 1.37. The Hall–Kier alpha value is -0.0900. The maximum atomic E-state index is 5.79. The van der Waals surface area contributed by atoms with Crippen LogP contribution in [0.25, 0.3) is 0 Å². The van der Waals surface area contributed by atoms with E-state index in [1.54, 1.807) is 0 Å². The van der Waals surface area contributed by atoms with E-state index < -0.39 is 0 Å². The lowest BCUT2D eigenvalue weighted by Crippen LogP contribution is -2.27. The third-order valence-electron chi connectivity index (χ3n) is 2.41. The van der Waals surface area contributed by atoms with E-state index in [1.165, 1.54) is 0 Å². The standard InChI is InChI=1S/C7H11BrN2O/c8-6-4-7(11-10-6)2-1-5(9)3-7/h5H,1-4,9H2.